The van der Waals surface area contributed by atoms with Crippen LogP contribution in [0, 0.1) is 0 Å². The van der Waals surface area contributed by atoms with Gasteiger partial charge in [0.1, 0.15) is 0 Å². The van der Waals surface area contributed by atoms with Crippen LogP contribution < -0.4 is 0 Å². The van der Waals surface area contributed by atoms with Crippen molar-refractivity contribution in [3.63, 3.8) is 0 Å². The zero-order valence-corrected chi connectivity index (χ0v) is 17.6. The number of likely N-dealkylation sites (tertiary alicyclic amines) is 1. The Balaban J connectivity index is 1.46. The second-order valence-electron chi connectivity index (χ2n) is 7.86. The molecule has 0 aliphatic carbocycles. The maximum atomic E-state index is 12.4. The zero-order valence-electron chi connectivity index (χ0n) is 16.8. The molecule has 4 rings (SSSR count). The Morgan fingerprint density at radius 1 is 1.24 bits per heavy atom. The Hall–Kier alpha value is -2.21. The van der Waals surface area contributed by atoms with Crippen LogP contribution in [0.2, 0.25) is 5.02 Å². The first-order chi connectivity index (χ1) is 14.1. The van der Waals surface area contributed by atoms with Crippen molar-refractivity contribution in [2.24, 2.45) is 4.99 Å². The van der Waals surface area contributed by atoms with Gasteiger partial charge in [-0.3, -0.25) is 9.79 Å². The molecule has 2 unspecified atom stereocenters. The molecule has 2 aliphatic heterocycles. The van der Waals surface area contributed by atoms with Gasteiger partial charge in [-0.2, -0.15) is 4.98 Å². The zero-order chi connectivity index (χ0) is 20.2. The van der Waals surface area contributed by atoms with Crippen LogP contribution in [0.3, 0.4) is 0 Å². The molecule has 7 heteroatoms. The van der Waals surface area contributed by atoms with Gasteiger partial charge < -0.3 is 9.42 Å². The Morgan fingerprint density at radius 3 is 2.79 bits per heavy atom. The van der Waals surface area contributed by atoms with E-state index in [-0.39, 0.29) is 18.0 Å². The molecule has 0 saturated carbocycles. The number of unbranched alkanes of at least 4 members (excludes halogenated alkanes) is 1. The predicted octanol–water partition coefficient (Wildman–Crippen LogP) is 4.25. The molecule has 3 heterocycles. The highest BCUT2D eigenvalue weighted by Gasteiger charge is 2.37. The first-order valence-electron chi connectivity index (χ1n) is 10.6. The summed E-state index contributed by atoms with van der Waals surface area (Å²) in [6.45, 7) is 2.96. The average molecular weight is 415 g/mol. The second-order valence-corrected chi connectivity index (χ2v) is 8.30. The van der Waals surface area contributed by atoms with Crippen molar-refractivity contribution in [2.75, 3.05) is 6.54 Å². The van der Waals surface area contributed by atoms with Gasteiger partial charge in [-0.25, -0.2) is 0 Å². The number of hydrogen-bond donors (Lipinski definition) is 0. The molecule has 154 valence electrons. The number of carbonyl (C=O) groups is 1. The topological polar surface area (TPSA) is 71.6 Å². The van der Waals surface area contributed by atoms with Crippen LogP contribution in [-0.4, -0.2) is 45.3 Å². The highest BCUT2D eigenvalue weighted by atomic mass is 35.5. The lowest BCUT2D eigenvalue weighted by Crippen LogP contribution is -2.40. The van der Waals surface area contributed by atoms with Crippen molar-refractivity contribution in [3.8, 4) is 0 Å². The lowest BCUT2D eigenvalue weighted by atomic mass is 9.99. The van der Waals surface area contributed by atoms with Crippen LogP contribution >= 0.6 is 11.6 Å². The summed E-state index contributed by atoms with van der Waals surface area (Å²) in [5.41, 5.74) is 2.04. The molecule has 0 bridgehead atoms. The summed E-state index contributed by atoms with van der Waals surface area (Å²) in [7, 11) is 0. The molecular weight excluding hydrogens is 388 g/mol. The van der Waals surface area contributed by atoms with E-state index in [0.29, 0.717) is 11.4 Å². The van der Waals surface area contributed by atoms with Crippen LogP contribution in [0.25, 0.3) is 0 Å². The fourth-order valence-electron chi connectivity index (χ4n) is 4.17. The Kier molecular flexibility index (Phi) is 6.28. The summed E-state index contributed by atoms with van der Waals surface area (Å²) in [5.74, 6) is 1.70. The minimum Gasteiger partial charge on any atom is -0.339 e. The summed E-state index contributed by atoms with van der Waals surface area (Å²) >= 11 is 6.06. The Labute approximate surface area is 176 Å². The molecule has 2 atom stereocenters. The van der Waals surface area contributed by atoms with Crippen molar-refractivity contribution >= 4 is 23.2 Å². The molecule has 0 spiro atoms. The second kappa shape index (κ2) is 9.08. The van der Waals surface area contributed by atoms with Gasteiger partial charge in [0.2, 0.25) is 11.8 Å². The number of aliphatic imine (C=N–C) groups is 1. The average Bonchev–Trinajstić information content (AvgIpc) is 3.45. The maximum Gasteiger partial charge on any atom is 0.226 e. The van der Waals surface area contributed by atoms with Crippen molar-refractivity contribution in [3.05, 3.63) is 46.6 Å². The quantitative estimate of drug-likeness (QED) is 0.647. The third kappa shape index (κ3) is 4.69. The minimum absolute atomic E-state index is 0.0431. The standard InChI is InChI=1S/C22H27ClN4O2/c1-2-3-5-20-25-19(26-29-20)12-11-17-14-18(27-13-4-6-21(27)28)22(24-17)15-7-9-16(23)10-8-15/h7-10,17-18H,2-6,11-14H2,1H3. The van der Waals surface area contributed by atoms with Crippen LogP contribution in [0.1, 0.15) is 62.7 Å². The van der Waals surface area contributed by atoms with E-state index in [1.165, 1.54) is 0 Å². The van der Waals surface area contributed by atoms with E-state index in [2.05, 4.69) is 17.1 Å². The van der Waals surface area contributed by atoms with E-state index in [9.17, 15) is 4.79 Å². The molecule has 0 radical (unpaired) electrons. The van der Waals surface area contributed by atoms with E-state index in [1.54, 1.807) is 0 Å². The number of benzene rings is 1. The van der Waals surface area contributed by atoms with Crippen molar-refractivity contribution in [1.82, 2.24) is 15.0 Å². The third-order valence-electron chi connectivity index (χ3n) is 5.71. The molecule has 1 aromatic carbocycles. The molecule has 1 fully saturated rings. The first-order valence-corrected chi connectivity index (χ1v) is 11.0. The summed E-state index contributed by atoms with van der Waals surface area (Å²) < 4.78 is 5.34. The lowest BCUT2D eigenvalue weighted by Gasteiger charge is -2.25. The van der Waals surface area contributed by atoms with Gasteiger partial charge in [-0.05, 0) is 43.4 Å². The largest absolute Gasteiger partial charge is 0.339 e. The minimum atomic E-state index is 0.0431. The summed E-state index contributed by atoms with van der Waals surface area (Å²) in [5, 5.41) is 4.81. The van der Waals surface area contributed by atoms with Crippen LogP contribution in [0.5, 0.6) is 0 Å². The monoisotopic (exact) mass is 414 g/mol. The molecule has 1 saturated heterocycles. The van der Waals surface area contributed by atoms with Gasteiger partial charge in [0.25, 0.3) is 0 Å². The molecule has 29 heavy (non-hydrogen) atoms. The highest BCUT2D eigenvalue weighted by Crippen LogP contribution is 2.29. The predicted molar refractivity (Wildman–Crippen MR) is 112 cm³/mol. The van der Waals surface area contributed by atoms with E-state index < -0.39 is 0 Å². The lowest BCUT2D eigenvalue weighted by molar-refractivity contribution is -0.128. The van der Waals surface area contributed by atoms with Gasteiger partial charge in [-0.1, -0.05) is 42.2 Å². The molecule has 1 amide bonds. The van der Waals surface area contributed by atoms with Crippen molar-refractivity contribution < 1.29 is 9.32 Å². The Bertz CT molecular complexity index is 877. The molecule has 6 nitrogen and oxygen atoms in total. The number of nitrogens with zero attached hydrogens (tertiary/aromatic N) is 4. The number of amides is 1. The first kappa shape index (κ1) is 20.1. The van der Waals surface area contributed by atoms with E-state index in [0.717, 1.165) is 74.5 Å². The molecule has 2 aromatic rings. The van der Waals surface area contributed by atoms with Crippen LogP contribution in [0.4, 0.5) is 0 Å². The van der Waals surface area contributed by atoms with Gasteiger partial charge >= 0.3 is 0 Å². The number of aromatic nitrogens is 2. The van der Waals surface area contributed by atoms with E-state index in [4.69, 9.17) is 21.1 Å². The van der Waals surface area contributed by atoms with Gasteiger partial charge in [0, 0.05) is 30.8 Å². The Morgan fingerprint density at radius 2 is 2.07 bits per heavy atom. The van der Waals surface area contributed by atoms with Gasteiger partial charge in [0.15, 0.2) is 5.82 Å². The number of halogens is 1. The maximum absolute atomic E-state index is 12.4. The number of carbonyl (C=O) groups excluding carboxylic acids is 1. The SMILES string of the molecule is CCCCc1nc(CCC2CC(N3CCCC3=O)C(c3ccc(Cl)cc3)=N2)no1. The summed E-state index contributed by atoms with van der Waals surface area (Å²) in [4.78, 5) is 23.9. The van der Waals surface area contributed by atoms with E-state index in [1.807, 2.05) is 29.2 Å². The van der Waals surface area contributed by atoms with Gasteiger partial charge in [0.05, 0.1) is 17.8 Å². The number of hydrogen-bond acceptors (Lipinski definition) is 5. The van der Waals surface area contributed by atoms with Crippen molar-refractivity contribution in [1.29, 1.82) is 0 Å². The number of rotatable bonds is 8. The summed E-state index contributed by atoms with van der Waals surface area (Å²) in [6, 6.07) is 7.95. The fraction of sp³-hybridized carbons (Fsp3) is 0.545. The van der Waals surface area contributed by atoms with E-state index >= 15 is 0 Å². The highest BCUT2D eigenvalue weighted by molar-refractivity contribution is 6.30. The van der Waals surface area contributed by atoms with Crippen LogP contribution in [0.15, 0.2) is 33.8 Å². The normalized spacial score (nSPS) is 21.8. The summed E-state index contributed by atoms with van der Waals surface area (Å²) in [6.07, 6.45) is 7.01. The molecule has 1 aromatic heterocycles. The van der Waals surface area contributed by atoms with Crippen LogP contribution in [-0.2, 0) is 17.6 Å². The van der Waals surface area contributed by atoms with Gasteiger partial charge in [-0.15, -0.1) is 0 Å². The number of aryl methyl sites for hydroxylation is 2. The fourth-order valence-corrected chi connectivity index (χ4v) is 4.29. The molecule has 0 N–H and O–H groups in total. The molecular formula is C22H27ClN4O2. The van der Waals surface area contributed by atoms with Crippen molar-refractivity contribution in [2.45, 2.75) is 70.4 Å². The smallest absolute Gasteiger partial charge is 0.226 e. The third-order valence-corrected chi connectivity index (χ3v) is 5.97. The molecule has 2 aliphatic rings.